The summed E-state index contributed by atoms with van der Waals surface area (Å²) in [6.45, 7) is 3.88. The molecule has 6 nitrogen and oxygen atoms in total. The monoisotopic (exact) mass is 441 g/mol. The number of hydrogen-bond donors (Lipinski definition) is 2. The Labute approximate surface area is 185 Å². The second-order valence-electron chi connectivity index (χ2n) is 8.38. The first-order valence-electron chi connectivity index (χ1n) is 10.8. The van der Waals surface area contributed by atoms with Gasteiger partial charge in [0.1, 0.15) is 10.6 Å². The van der Waals surface area contributed by atoms with Gasteiger partial charge in [0.15, 0.2) is 0 Å². The van der Waals surface area contributed by atoms with E-state index in [1.165, 1.54) is 11.3 Å². The maximum atomic E-state index is 13.3. The summed E-state index contributed by atoms with van der Waals surface area (Å²) < 4.78 is 5.30. The van der Waals surface area contributed by atoms with Gasteiger partial charge in [-0.15, -0.1) is 11.3 Å². The van der Waals surface area contributed by atoms with Crippen molar-refractivity contribution in [2.75, 3.05) is 11.9 Å². The van der Waals surface area contributed by atoms with Crippen LogP contribution in [0.15, 0.2) is 30.3 Å². The fraction of sp³-hybridized carbons (Fsp3) is 0.458. The van der Waals surface area contributed by atoms with E-state index in [-0.39, 0.29) is 24.3 Å². The molecule has 1 heterocycles. The molecule has 7 heteroatoms. The van der Waals surface area contributed by atoms with E-state index >= 15 is 0 Å². The van der Waals surface area contributed by atoms with Crippen LogP contribution >= 0.6 is 11.3 Å². The number of aliphatic carboxylic acids is 1. The van der Waals surface area contributed by atoms with Gasteiger partial charge in [-0.3, -0.25) is 9.59 Å². The third kappa shape index (κ3) is 3.99. The third-order valence-electron chi connectivity index (χ3n) is 6.67. The van der Waals surface area contributed by atoms with Gasteiger partial charge in [-0.2, -0.15) is 0 Å². The molecule has 0 unspecified atom stereocenters. The van der Waals surface area contributed by atoms with E-state index < -0.39 is 23.8 Å². The summed E-state index contributed by atoms with van der Waals surface area (Å²) >= 11 is 1.33. The molecule has 1 aromatic heterocycles. The lowest BCUT2D eigenvalue weighted by Gasteiger charge is -2.45. The second-order valence-corrected chi connectivity index (χ2v) is 9.60. The van der Waals surface area contributed by atoms with E-state index in [0.29, 0.717) is 10.6 Å². The minimum Gasteiger partial charge on any atom is -0.481 e. The smallest absolute Gasteiger partial charge is 0.341 e. The summed E-state index contributed by atoms with van der Waals surface area (Å²) in [5, 5.41) is 13.2. The maximum absolute atomic E-state index is 13.3. The average molecular weight is 442 g/mol. The van der Waals surface area contributed by atoms with Gasteiger partial charge in [0, 0.05) is 10.4 Å². The van der Waals surface area contributed by atoms with Crippen LogP contribution in [0.2, 0.25) is 0 Å². The molecule has 0 aliphatic heterocycles. The summed E-state index contributed by atoms with van der Waals surface area (Å²) in [7, 11) is 0. The van der Waals surface area contributed by atoms with Gasteiger partial charge in [0.2, 0.25) is 5.91 Å². The number of benzene rings is 1. The summed E-state index contributed by atoms with van der Waals surface area (Å²) in [5.74, 6) is -2.78. The van der Waals surface area contributed by atoms with E-state index in [1.54, 1.807) is 6.92 Å². The number of thiophene rings is 1. The van der Waals surface area contributed by atoms with Crippen LogP contribution in [0.5, 0.6) is 0 Å². The summed E-state index contributed by atoms with van der Waals surface area (Å²) in [5.41, 5.74) is 1.97. The molecule has 1 amide bonds. The molecule has 0 saturated heterocycles. The number of aryl methyl sites for hydroxylation is 1. The zero-order valence-corrected chi connectivity index (χ0v) is 18.5. The van der Waals surface area contributed by atoms with Gasteiger partial charge in [0.05, 0.1) is 18.4 Å². The van der Waals surface area contributed by atoms with Gasteiger partial charge >= 0.3 is 11.9 Å². The van der Waals surface area contributed by atoms with Crippen LogP contribution in [0.25, 0.3) is 11.1 Å². The van der Waals surface area contributed by atoms with Crippen molar-refractivity contribution in [3.05, 3.63) is 40.8 Å². The van der Waals surface area contributed by atoms with E-state index in [1.807, 2.05) is 37.3 Å². The Kier molecular flexibility index (Phi) is 6.14. The molecule has 2 bridgehead atoms. The molecule has 3 aliphatic carbocycles. The predicted molar refractivity (Wildman–Crippen MR) is 119 cm³/mol. The Morgan fingerprint density at radius 1 is 1.06 bits per heavy atom. The quantitative estimate of drug-likeness (QED) is 0.617. The van der Waals surface area contributed by atoms with Crippen LogP contribution in [0.4, 0.5) is 5.00 Å². The zero-order valence-electron chi connectivity index (χ0n) is 17.7. The number of amides is 1. The van der Waals surface area contributed by atoms with Crippen molar-refractivity contribution in [1.29, 1.82) is 0 Å². The number of hydrogen-bond acceptors (Lipinski definition) is 5. The summed E-state index contributed by atoms with van der Waals surface area (Å²) in [4.78, 5) is 39.1. The van der Waals surface area contributed by atoms with Gasteiger partial charge < -0.3 is 15.2 Å². The number of carbonyl (C=O) groups excluding carboxylic acids is 2. The van der Waals surface area contributed by atoms with E-state index in [2.05, 4.69) is 5.32 Å². The molecule has 0 spiro atoms. The van der Waals surface area contributed by atoms with Crippen molar-refractivity contribution in [1.82, 2.24) is 0 Å². The molecule has 5 rings (SSSR count). The number of anilines is 1. The fourth-order valence-electron chi connectivity index (χ4n) is 5.36. The molecule has 1 aromatic carbocycles. The van der Waals surface area contributed by atoms with E-state index in [4.69, 9.17) is 4.74 Å². The van der Waals surface area contributed by atoms with Crippen LogP contribution in [-0.2, 0) is 14.3 Å². The highest BCUT2D eigenvalue weighted by atomic mass is 32.1. The van der Waals surface area contributed by atoms with Crippen LogP contribution in [0, 0.1) is 30.6 Å². The average Bonchev–Trinajstić information content (AvgIpc) is 3.10. The number of nitrogens with one attached hydrogen (secondary N) is 1. The molecule has 3 saturated carbocycles. The normalized spacial score (nSPS) is 24.6. The number of rotatable bonds is 6. The minimum atomic E-state index is -0.896. The Balaban J connectivity index is 1.70. The largest absolute Gasteiger partial charge is 0.481 e. The van der Waals surface area contributed by atoms with Crippen molar-refractivity contribution in [2.24, 2.45) is 23.7 Å². The highest BCUT2D eigenvalue weighted by Gasteiger charge is 2.50. The Hall–Kier alpha value is -2.67. The second kappa shape index (κ2) is 8.83. The molecule has 0 radical (unpaired) electrons. The molecule has 2 aromatic rings. The number of carboxylic acid groups (broad SMARTS) is 1. The highest BCUT2D eigenvalue weighted by Crippen LogP contribution is 2.50. The minimum absolute atomic E-state index is 0.0488. The van der Waals surface area contributed by atoms with Crippen molar-refractivity contribution >= 4 is 34.2 Å². The van der Waals surface area contributed by atoms with Crippen LogP contribution in [0.3, 0.4) is 0 Å². The van der Waals surface area contributed by atoms with E-state index in [9.17, 15) is 19.5 Å². The van der Waals surface area contributed by atoms with Crippen molar-refractivity contribution in [3.63, 3.8) is 0 Å². The first kappa shape index (κ1) is 21.6. The van der Waals surface area contributed by atoms with Crippen molar-refractivity contribution in [2.45, 2.75) is 39.5 Å². The fourth-order valence-corrected chi connectivity index (χ4v) is 6.43. The van der Waals surface area contributed by atoms with E-state index in [0.717, 1.165) is 41.7 Å². The summed E-state index contributed by atoms with van der Waals surface area (Å²) in [6.07, 6.45) is 3.51. The lowest BCUT2D eigenvalue weighted by molar-refractivity contribution is -0.156. The lowest BCUT2D eigenvalue weighted by Crippen LogP contribution is -2.49. The SMILES string of the molecule is CCOC(=O)c1c(NC(=O)[C@H]2C3CCC(CC3)[C@H]2C(=O)O)sc(C)c1-c1ccccc1. The maximum Gasteiger partial charge on any atom is 0.341 e. The number of esters is 1. The predicted octanol–water partition coefficient (Wildman–Crippen LogP) is 4.98. The number of ether oxygens (including phenoxy) is 1. The molecule has 2 N–H and O–H groups in total. The lowest BCUT2D eigenvalue weighted by atomic mass is 9.58. The summed E-state index contributed by atoms with van der Waals surface area (Å²) in [6, 6.07) is 9.54. The Morgan fingerprint density at radius 2 is 1.68 bits per heavy atom. The Bertz CT molecular complexity index is 991. The van der Waals surface area contributed by atoms with Crippen molar-refractivity contribution < 1.29 is 24.2 Å². The molecular formula is C24H27NO5S. The Morgan fingerprint density at radius 3 is 2.26 bits per heavy atom. The van der Waals surface area contributed by atoms with Gasteiger partial charge in [-0.25, -0.2) is 4.79 Å². The standard InChI is InChI=1S/C24H27NO5S/c1-3-30-24(29)20-17(14-7-5-4-6-8-14)13(2)31-22(20)25-21(26)18-15-9-11-16(12-10-15)19(18)23(27)28/h4-8,15-16,18-19H,3,9-12H2,1-2H3,(H,25,26)(H,27,28)/t15?,16?,18-,19+/m0/s1. The molecular weight excluding hydrogens is 414 g/mol. The van der Waals surface area contributed by atoms with Crippen LogP contribution < -0.4 is 5.32 Å². The number of fused-ring (bicyclic) bond motifs is 3. The first-order chi connectivity index (χ1) is 14.9. The van der Waals surface area contributed by atoms with Crippen LogP contribution in [0.1, 0.15) is 47.8 Å². The zero-order chi connectivity index (χ0) is 22.1. The number of carboxylic acids is 1. The van der Waals surface area contributed by atoms with Crippen LogP contribution in [-0.4, -0.2) is 29.6 Å². The topological polar surface area (TPSA) is 92.7 Å². The highest BCUT2D eigenvalue weighted by molar-refractivity contribution is 7.17. The number of carbonyl (C=O) groups is 3. The molecule has 3 fully saturated rings. The third-order valence-corrected chi connectivity index (χ3v) is 7.69. The molecule has 2 atom stereocenters. The van der Waals surface area contributed by atoms with Crippen molar-refractivity contribution in [3.8, 4) is 11.1 Å². The first-order valence-corrected chi connectivity index (χ1v) is 11.6. The van der Waals surface area contributed by atoms with Gasteiger partial charge in [-0.1, -0.05) is 30.3 Å². The molecule has 164 valence electrons. The molecule has 31 heavy (non-hydrogen) atoms. The van der Waals surface area contributed by atoms with Gasteiger partial charge in [-0.05, 0) is 56.9 Å². The van der Waals surface area contributed by atoms with Gasteiger partial charge in [0.25, 0.3) is 0 Å². The molecule has 3 aliphatic rings.